The first-order valence-corrected chi connectivity index (χ1v) is 22.9. The minimum Gasteiger partial charge on any atom is -0.463 e. The van der Waals surface area contributed by atoms with Gasteiger partial charge < -0.3 is 37.9 Å². The molecule has 0 radical (unpaired) electrons. The maximum Gasteiger partial charge on any atom is 0.305 e. The van der Waals surface area contributed by atoms with Gasteiger partial charge >= 0.3 is 11.9 Å². The molecule has 2 fully saturated rings. The summed E-state index contributed by atoms with van der Waals surface area (Å²) in [6.45, 7) is 11.6. The first-order valence-electron chi connectivity index (χ1n) is 22.1. The quantitative estimate of drug-likeness (QED) is 0.0832. The Morgan fingerprint density at radius 1 is 0.538 bits per heavy atom. The van der Waals surface area contributed by atoms with Gasteiger partial charge in [0.15, 0.2) is 0 Å². The van der Waals surface area contributed by atoms with Gasteiger partial charge in [0.1, 0.15) is 30.4 Å². The summed E-state index contributed by atoms with van der Waals surface area (Å²) >= 11 is 1.72. The van der Waals surface area contributed by atoms with Crippen molar-refractivity contribution in [1.29, 1.82) is 0 Å². The number of esters is 2. The van der Waals surface area contributed by atoms with Crippen molar-refractivity contribution in [3.8, 4) is 0 Å². The number of carbonyl (C=O) groups is 2. The van der Waals surface area contributed by atoms with Gasteiger partial charge in [0.25, 0.3) is 0 Å². The van der Waals surface area contributed by atoms with Crippen LogP contribution in [0.15, 0.2) is 157 Å². The second-order valence-corrected chi connectivity index (χ2v) is 17.5. The molecule has 11 heteroatoms. The Morgan fingerprint density at radius 3 is 1.37 bits per heavy atom. The van der Waals surface area contributed by atoms with Crippen molar-refractivity contribution >= 4 is 23.7 Å². The van der Waals surface area contributed by atoms with Gasteiger partial charge in [-0.15, -0.1) is 0 Å². The van der Waals surface area contributed by atoms with Crippen LogP contribution in [0.1, 0.15) is 64.3 Å². The predicted octanol–water partition coefficient (Wildman–Crippen LogP) is 10.9. The van der Waals surface area contributed by atoms with E-state index in [4.69, 9.17) is 37.9 Å². The Morgan fingerprint density at radius 2 is 0.938 bits per heavy atom. The van der Waals surface area contributed by atoms with Crippen LogP contribution in [0.25, 0.3) is 0 Å². The van der Waals surface area contributed by atoms with Crippen LogP contribution in [0.5, 0.6) is 0 Å². The van der Waals surface area contributed by atoms with Crippen molar-refractivity contribution in [3.63, 3.8) is 0 Å². The molecule has 0 amide bonds. The van der Waals surface area contributed by atoms with Crippen molar-refractivity contribution in [2.75, 3.05) is 13.2 Å². The van der Waals surface area contributed by atoms with Crippen molar-refractivity contribution in [2.45, 2.75) is 116 Å². The summed E-state index contributed by atoms with van der Waals surface area (Å²) in [7, 11) is 0. The van der Waals surface area contributed by atoms with Gasteiger partial charge in [0.05, 0.1) is 45.2 Å². The fraction of sp³-hybridized carbons (Fsp3) is 0.407. The van der Waals surface area contributed by atoms with Crippen LogP contribution in [-0.4, -0.2) is 67.4 Å². The molecule has 0 unspecified atom stereocenters. The monoisotopic (exact) mass is 906 g/mol. The molecule has 5 aromatic rings. The molecule has 0 aromatic heterocycles. The molecular formula is C54H66O10S. The van der Waals surface area contributed by atoms with E-state index >= 15 is 0 Å². The zero-order valence-electron chi connectivity index (χ0n) is 37.4. The van der Waals surface area contributed by atoms with E-state index in [2.05, 4.69) is 74.5 Å². The number of benzene rings is 5. The van der Waals surface area contributed by atoms with Gasteiger partial charge in [0, 0.05) is 24.7 Å². The van der Waals surface area contributed by atoms with Crippen LogP contribution >= 0.6 is 11.8 Å². The minimum absolute atomic E-state index is 0. The van der Waals surface area contributed by atoms with Gasteiger partial charge in [-0.2, -0.15) is 0 Å². The Kier molecular flexibility index (Phi) is 21.2. The zero-order valence-corrected chi connectivity index (χ0v) is 38.3. The van der Waals surface area contributed by atoms with Crippen LogP contribution in [-0.2, 0) is 73.9 Å². The smallest absolute Gasteiger partial charge is 0.305 e. The topological polar surface area (TPSA) is 108 Å². The minimum atomic E-state index is -0.992. The summed E-state index contributed by atoms with van der Waals surface area (Å²) < 4.78 is 48.7. The highest BCUT2D eigenvalue weighted by Crippen LogP contribution is 2.38. The Labute approximate surface area is 390 Å². The maximum absolute atomic E-state index is 11.8. The lowest BCUT2D eigenvalue weighted by atomic mass is 9.89. The largest absolute Gasteiger partial charge is 0.463 e. The molecule has 0 saturated carbocycles. The molecule has 0 spiro atoms. The highest BCUT2D eigenvalue weighted by atomic mass is 32.2. The van der Waals surface area contributed by atoms with Gasteiger partial charge in [-0.25, -0.2) is 0 Å². The van der Waals surface area contributed by atoms with E-state index in [1.807, 2.05) is 97.9 Å². The Hall–Kier alpha value is -4.85. The third-order valence-electron chi connectivity index (χ3n) is 11.4. The van der Waals surface area contributed by atoms with E-state index in [-0.39, 0.29) is 37.6 Å². The normalized spacial score (nSPS) is 25.1. The summed E-state index contributed by atoms with van der Waals surface area (Å²) in [5.41, 5.74) is 4.17. The van der Waals surface area contributed by atoms with Gasteiger partial charge in [-0.05, 0) is 46.2 Å². The summed E-state index contributed by atoms with van der Waals surface area (Å²) in [5, 5.41) is 0. The lowest BCUT2D eigenvalue weighted by Gasteiger charge is -2.44. The molecule has 2 saturated heterocycles. The van der Waals surface area contributed by atoms with E-state index in [0.717, 1.165) is 16.7 Å². The third kappa shape index (κ3) is 16.2. The number of ether oxygens (including phenoxy) is 8. The Balaban J connectivity index is 0.000000240. The highest BCUT2D eigenvalue weighted by Gasteiger charge is 2.47. The number of carbonyl (C=O) groups excluding carboxylic acids is 2. The highest BCUT2D eigenvalue weighted by molar-refractivity contribution is 7.99. The predicted molar refractivity (Wildman–Crippen MR) is 253 cm³/mol. The van der Waals surface area contributed by atoms with Crippen molar-refractivity contribution < 1.29 is 47.5 Å². The third-order valence-corrected chi connectivity index (χ3v) is 12.6. The average Bonchev–Trinajstić information content (AvgIpc) is 3.42. The number of rotatable bonds is 17. The first kappa shape index (κ1) is 51.1. The van der Waals surface area contributed by atoms with Gasteiger partial charge in [-0.3, -0.25) is 9.59 Å². The molecule has 10 atom stereocenters. The van der Waals surface area contributed by atoms with Gasteiger partial charge in [0.2, 0.25) is 6.29 Å². The molecule has 0 bridgehead atoms. The molecule has 7 rings (SSSR count). The van der Waals surface area contributed by atoms with Crippen LogP contribution in [0, 0.1) is 17.8 Å². The summed E-state index contributed by atoms with van der Waals surface area (Å²) in [6, 6.07) is 50.6. The molecule has 0 N–H and O–H groups in total. The molecule has 2 heterocycles. The second-order valence-electron chi connectivity index (χ2n) is 16.3. The van der Waals surface area contributed by atoms with Crippen molar-refractivity contribution in [2.24, 2.45) is 17.8 Å². The molecule has 10 nitrogen and oxygen atoms in total. The molecule has 5 aromatic carbocycles. The van der Waals surface area contributed by atoms with Crippen LogP contribution < -0.4 is 0 Å². The fourth-order valence-electron chi connectivity index (χ4n) is 7.60. The van der Waals surface area contributed by atoms with E-state index in [1.165, 1.54) is 24.3 Å². The van der Waals surface area contributed by atoms with Crippen LogP contribution in [0.4, 0.5) is 0 Å². The molecule has 2 aliphatic rings. The van der Waals surface area contributed by atoms with Gasteiger partial charge in [-0.1, -0.05) is 179 Å². The maximum atomic E-state index is 11.8. The standard InChI is InChI=1S/C28H32O3S.C25H30O7.CH4/c1-21-18-31-28(32-25-16-10-5-11-17-25)27(30-20-24-14-8-4-9-15-24)26(22(21)2)29-19-23-12-6-3-7-13-23;1-17-22(16-28-18(2)26)32-25(31-19(3)27)24(30-15-21-12-8-5-9-13-21)23(17)29-14-20-10-6-4-7-11-20;/h3-17,21-22,26-28H,18-20H2,1-2H3;4-13,17,22-25H,14-16H2,1-3H3;1H4/t21-,22-,26+,27+,28-;17-,22-,23+,24+,25+;/m11./s1. The number of thioether (sulfide) groups is 1. The summed E-state index contributed by atoms with van der Waals surface area (Å²) in [4.78, 5) is 24.3. The van der Waals surface area contributed by atoms with Crippen LogP contribution in [0.2, 0.25) is 0 Å². The lowest BCUT2D eigenvalue weighted by molar-refractivity contribution is -0.299. The number of hydrogen-bond donors (Lipinski definition) is 0. The average molecular weight is 907 g/mol. The molecular weight excluding hydrogens is 841 g/mol. The zero-order chi connectivity index (χ0) is 45.1. The first-order chi connectivity index (χ1) is 31.1. The van der Waals surface area contributed by atoms with Crippen LogP contribution in [0.3, 0.4) is 0 Å². The molecule has 65 heavy (non-hydrogen) atoms. The van der Waals surface area contributed by atoms with Crippen molar-refractivity contribution in [3.05, 3.63) is 174 Å². The Bertz CT molecular complexity index is 2080. The SMILES string of the molecule is C.CC(=O)OC[C@H]1O[C@H](OC(C)=O)[C@@H](OCc2ccccc2)[C@@H](OCc2ccccc2)[C@@H]1C.C[C@H]1[C@H](OCc2ccccc2)[C@H](OCc2ccccc2)[C@@H](Sc2ccccc2)OC[C@H]1C. The van der Waals surface area contributed by atoms with Crippen molar-refractivity contribution in [1.82, 2.24) is 0 Å². The molecule has 2 aliphatic heterocycles. The summed E-state index contributed by atoms with van der Waals surface area (Å²) in [5.74, 6) is -0.411. The molecule has 0 aliphatic carbocycles. The lowest BCUT2D eigenvalue weighted by Crippen LogP contribution is -2.57. The second kappa shape index (κ2) is 26.9. The van der Waals surface area contributed by atoms with E-state index < -0.39 is 36.5 Å². The summed E-state index contributed by atoms with van der Waals surface area (Å²) in [6.07, 6.45) is -2.89. The van der Waals surface area contributed by atoms with E-state index in [1.54, 1.807) is 11.8 Å². The van der Waals surface area contributed by atoms with E-state index in [0.29, 0.717) is 44.9 Å². The molecule has 348 valence electrons. The van der Waals surface area contributed by atoms with E-state index in [9.17, 15) is 9.59 Å². The fourth-order valence-corrected chi connectivity index (χ4v) is 8.70. The number of hydrogen-bond acceptors (Lipinski definition) is 11.